The summed E-state index contributed by atoms with van der Waals surface area (Å²) in [6, 6.07) is 4.86. The molecule has 0 heterocycles. The number of nitrogen functional groups attached to an aromatic ring is 1. The first kappa shape index (κ1) is 14.3. The second-order valence-electron chi connectivity index (χ2n) is 3.83. The topological polar surface area (TPSA) is 70.8 Å². The Bertz CT molecular complexity index is 406. The molecule has 0 aliphatic carbocycles. The molecule has 0 aliphatic heterocycles. The van der Waals surface area contributed by atoms with Crippen LogP contribution in [0.1, 0.15) is 24.2 Å². The van der Waals surface area contributed by atoms with Crippen LogP contribution in [0.15, 0.2) is 18.2 Å². The highest BCUT2D eigenvalue weighted by atomic mass is 16.6. The Hall–Kier alpha value is -1.75. The van der Waals surface area contributed by atoms with Crippen molar-refractivity contribution in [1.29, 1.82) is 0 Å². The van der Waals surface area contributed by atoms with Crippen LogP contribution in [0.25, 0.3) is 0 Å². The monoisotopic (exact) mass is 253 g/mol. The van der Waals surface area contributed by atoms with E-state index in [0.717, 1.165) is 0 Å². The van der Waals surface area contributed by atoms with Gasteiger partial charge < -0.3 is 19.9 Å². The summed E-state index contributed by atoms with van der Waals surface area (Å²) in [4.78, 5) is 11.9. The van der Waals surface area contributed by atoms with Crippen molar-refractivity contribution in [3.05, 3.63) is 23.8 Å². The molecule has 1 unspecified atom stereocenters. The summed E-state index contributed by atoms with van der Waals surface area (Å²) in [5.41, 5.74) is 6.40. The first-order valence-corrected chi connectivity index (χ1v) is 5.80. The molecule has 5 heteroatoms. The van der Waals surface area contributed by atoms with Crippen molar-refractivity contribution in [2.45, 2.75) is 20.0 Å². The molecule has 1 atom stereocenters. The van der Waals surface area contributed by atoms with Crippen LogP contribution < -0.4 is 10.5 Å². The van der Waals surface area contributed by atoms with Crippen LogP contribution in [-0.2, 0) is 9.47 Å². The van der Waals surface area contributed by atoms with Crippen LogP contribution in [0.5, 0.6) is 5.75 Å². The average Bonchev–Trinajstić information content (AvgIpc) is 2.36. The van der Waals surface area contributed by atoms with Crippen LogP contribution in [0.3, 0.4) is 0 Å². The number of hydrogen-bond donors (Lipinski definition) is 1. The molecule has 1 aromatic carbocycles. The Balaban J connectivity index is 2.71. The minimum atomic E-state index is -0.474. The summed E-state index contributed by atoms with van der Waals surface area (Å²) in [6.07, 6.45) is -0.317. The van der Waals surface area contributed by atoms with E-state index >= 15 is 0 Å². The van der Waals surface area contributed by atoms with Gasteiger partial charge in [-0.2, -0.15) is 0 Å². The molecule has 5 nitrogen and oxygen atoms in total. The summed E-state index contributed by atoms with van der Waals surface area (Å²) in [5, 5.41) is 0. The molecular weight excluding hydrogens is 234 g/mol. The minimum Gasteiger partial charge on any atom is -0.497 e. The summed E-state index contributed by atoms with van der Waals surface area (Å²) in [7, 11) is 1.53. The third kappa shape index (κ3) is 3.92. The lowest BCUT2D eigenvalue weighted by molar-refractivity contribution is 0.00447. The van der Waals surface area contributed by atoms with Crippen LogP contribution in [0, 0.1) is 0 Å². The zero-order valence-corrected chi connectivity index (χ0v) is 10.9. The minimum absolute atomic E-state index is 0.303. The fourth-order valence-corrected chi connectivity index (χ4v) is 1.40. The van der Waals surface area contributed by atoms with Gasteiger partial charge in [0.2, 0.25) is 0 Å². The predicted octanol–water partition coefficient (Wildman–Crippen LogP) is 1.86. The van der Waals surface area contributed by atoms with Gasteiger partial charge in [-0.05, 0) is 32.0 Å². The molecule has 0 saturated heterocycles. The van der Waals surface area contributed by atoms with E-state index in [0.29, 0.717) is 30.2 Å². The lowest BCUT2D eigenvalue weighted by atomic mass is 10.1. The number of anilines is 1. The van der Waals surface area contributed by atoms with E-state index in [-0.39, 0.29) is 6.10 Å². The molecule has 0 fully saturated rings. The maximum atomic E-state index is 11.9. The van der Waals surface area contributed by atoms with Crippen molar-refractivity contribution in [3.8, 4) is 5.75 Å². The third-order valence-electron chi connectivity index (χ3n) is 2.35. The van der Waals surface area contributed by atoms with Crippen LogP contribution in [0.2, 0.25) is 0 Å². The number of carbonyl (C=O) groups is 1. The third-order valence-corrected chi connectivity index (χ3v) is 2.35. The standard InChI is InChI=1S/C13H19NO4/c1-4-17-8-9(2)18-13(15)11-7-10(16-3)5-6-12(11)14/h5-7,9H,4,8,14H2,1-3H3. The molecular formula is C13H19NO4. The number of carbonyl (C=O) groups excluding carboxylic acids is 1. The highest BCUT2D eigenvalue weighted by Crippen LogP contribution is 2.20. The van der Waals surface area contributed by atoms with Gasteiger partial charge in [0.05, 0.1) is 19.3 Å². The fourth-order valence-electron chi connectivity index (χ4n) is 1.40. The highest BCUT2D eigenvalue weighted by molar-refractivity contribution is 5.95. The first-order chi connectivity index (χ1) is 8.58. The molecule has 0 aromatic heterocycles. The van der Waals surface area contributed by atoms with Gasteiger partial charge in [0.15, 0.2) is 0 Å². The van der Waals surface area contributed by atoms with E-state index in [1.165, 1.54) is 7.11 Å². The normalized spacial score (nSPS) is 11.9. The molecule has 0 radical (unpaired) electrons. The van der Waals surface area contributed by atoms with Gasteiger partial charge in [-0.3, -0.25) is 0 Å². The Morgan fingerprint density at radius 2 is 2.17 bits per heavy atom. The number of hydrogen-bond acceptors (Lipinski definition) is 5. The predicted molar refractivity (Wildman–Crippen MR) is 68.8 cm³/mol. The fraction of sp³-hybridized carbons (Fsp3) is 0.462. The lowest BCUT2D eigenvalue weighted by Crippen LogP contribution is -2.21. The number of esters is 1. The quantitative estimate of drug-likeness (QED) is 0.619. The van der Waals surface area contributed by atoms with E-state index in [1.807, 2.05) is 6.92 Å². The number of ether oxygens (including phenoxy) is 3. The van der Waals surface area contributed by atoms with E-state index < -0.39 is 5.97 Å². The van der Waals surface area contributed by atoms with Crippen molar-refractivity contribution >= 4 is 11.7 Å². The summed E-state index contributed by atoms with van der Waals surface area (Å²) >= 11 is 0. The molecule has 2 N–H and O–H groups in total. The van der Waals surface area contributed by atoms with Crippen molar-refractivity contribution in [2.24, 2.45) is 0 Å². The lowest BCUT2D eigenvalue weighted by Gasteiger charge is -2.14. The van der Waals surface area contributed by atoms with E-state index in [1.54, 1.807) is 25.1 Å². The van der Waals surface area contributed by atoms with Gasteiger partial charge in [-0.15, -0.1) is 0 Å². The van der Waals surface area contributed by atoms with Crippen LogP contribution >= 0.6 is 0 Å². The van der Waals surface area contributed by atoms with Crippen molar-refractivity contribution in [3.63, 3.8) is 0 Å². The molecule has 100 valence electrons. The SMILES string of the molecule is CCOCC(C)OC(=O)c1cc(OC)ccc1N. The summed E-state index contributed by atoms with van der Waals surface area (Å²) in [5.74, 6) is 0.0900. The van der Waals surface area contributed by atoms with E-state index in [2.05, 4.69) is 0 Å². The smallest absolute Gasteiger partial charge is 0.340 e. The van der Waals surface area contributed by atoms with Gasteiger partial charge in [0, 0.05) is 12.3 Å². The van der Waals surface area contributed by atoms with Gasteiger partial charge in [0.25, 0.3) is 0 Å². The zero-order valence-electron chi connectivity index (χ0n) is 10.9. The van der Waals surface area contributed by atoms with Crippen molar-refractivity contribution < 1.29 is 19.0 Å². The van der Waals surface area contributed by atoms with Gasteiger partial charge >= 0.3 is 5.97 Å². The van der Waals surface area contributed by atoms with E-state index in [4.69, 9.17) is 19.9 Å². The molecule has 0 bridgehead atoms. The Labute approximate surface area is 107 Å². The van der Waals surface area contributed by atoms with Gasteiger partial charge in [-0.25, -0.2) is 4.79 Å². The molecule has 0 amide bonds. The van der Waals surface area contributed by atoms with E-state index in [9.17, 15) is 4.79 Å². The second kappa shape index (κ2) is 6.86. The Morgan fingerprint density at radius 1 is 1.44 bits per heavy atom. The number of methoxy groups -OCH3 is 1. The largest absolute Gasteiger partial charge is 0.497 e. The number of nitrogens with two attached hydrogens (primary N) is 1. The number of benzene rings is 1. The van der Waals surface area contributed by atoms with Crippen LogP contribution in [0.4, 0.5) is 5.69 Å². The Morgan fingerprint density at radius 3 is 2.78 bits per heavy atom. The first-order valence-electron chi connectivity index (χ1n) is 5.80. The van der Waals surface area contributed by atoms with Gasteiger partial charge in [-0.1, -0.05) is 0 Å². The zero-order chi connectivity index (χ0) is 13.5. The Kier molecular flexibility index (Phi) is 5.45. The molecule has 0 spiro atoms. The summed E-state index contributed by atoms with van der Waals surface area (Å²) in [6.45, 7) is 4.60. The number of rotatable bonds is 6. The molecule has 0 aliphatic rings. The molecule has 0 saturated carbocycles. The van der Waals surface area contributed by atoms with Gasteiger partial charge in [0.1, 0.15) is 11.9 Å². The molecule has 1 aromatic rings. The van der Waals surface area contributed by atoms with Crippen LogP contribution in [-0.4, -0.2) is 32.4 Å². The maximum Gasteiger partial charge on any atom is 0.340 e. The second-order valence-corrected chi connectivity index (χ2v) is 3.83. The van der Waals surface area contributed by atoms with Crippen molar-refractivity contribution in [2.75, 3.05) is 26.1 Å². The maximum absolute atomic E-state index is 11.9. The molecule has 18 heavy (non-hydrogen) atoms. The molecule has 1 rings (SSSR count). The summed E-state index contributed by atoms with van der Waals surface area (Å²) < 4.78 is 15.4. The highest BCUT2D eigenvalue weighted by Gasteiger charge is 2.15. The van der Waals surface area contributed by atoms with Crippen molar-refractivity contribution in [1.82, 2.24) is 0 Å². The average molecular weight is 253 g/mol.